The van der Waals surface area contributed by atoms with E-state index >= 15 is 0 Å². The summed E-state index contributed by atoms with van der Waals surface area (Å²) in [4.78, 5) is 16.5. The summed E-state index contributed by atoms with van der Waals surface area (Å²) < 4.78 is 42.2. The number of rotatable bonds is 11. The maximum absolute atomic E-state index is 13.3. The number of anilines is 1. The van der Waals surface area contributed by atoms with Crippen LogP contribution in [-0.2, 0) is 19.6 Å². The average Bonchev–Trinajstić information content (AvgIpc) is 3.36. The molecular weight excluding hydrogens is 562 g/mol. The van der Waals surface area contributed by atoms with Crippen molar-refractivity contribution in [1.82, 2.24) is 9.55 Å². The van der Waals surface area contributed by atoms with Crippen molar-refractivity contribution < 1.29 is 22.7 Å². The third kappa shape index (κ3) is 6.53. The number of sulfonamides is 1. The van der Waals surface area contributed by atoms with Gasteiger partial charge in [-0.3, -0.25) is 14.1 Å². The van der Waals surface area contributed by atoms with Crippen LogP contribution < -0.4 is 9.46 Å². The number of benzene rings is 4. The van der Waals surface area contributed by atoms with Crippen molar-refractivity contribution in [3.05, 3.63) is 102 Å². The Morgan fingerprint density at radius 1 is 0.927 bits per heavy atom. The number of carbonyl (C=O) groups excluding carboxylic acids is 1. The Balaban J connectivity index is 1.59. The number of nitrogens with one attached hydrogen (secondary N) is 1. The zero-order valence-corrected chi connectivity index (χ0v) is 23.9. The number of imidazole rings is 1. The minimum atomic E-state index is -3.96. The van der Waals surface area contributed by atoms with Gasteiger partial charge in [0.15, 0.2) is 0 Å². The molecule has 0 aliphatic carbocycles. The van der Waals surface area contributed by atoms with Gasteiger partial charge in [-0.15, -0.1) is 0 Å². The van der Waals surface area contributed by atoms with Crippen LogP contribution in [0.4, 0.5) is 5.69 Å². The second-order valence-corrected chi connectivity index (χ2v) is 11.4. The van der Waals surface area contributed by atoms with E-state index in [-0.39, 0.29) is 29.6 Å². The molecule has 0 atom stereocenters. The minimum Gasteiger partial charge on any atom is -0.491 e. The third-order valence-electron chi connectivity index (χ3n) is 6.43. The minimum absolute atomic E-state index is 0.0609. The van der Waals surface area contributed by atoms with E-state index in [1.165, 1.54) is 31.4 Å². The lowest BCUT2D eigenvalue weighted by Gasteiger charge is -2.15. The third-order valence-corrected chi connectivity index (χ3v) is 8.06. The van der Waals surface area contributed by atoms with Gasteiger partial charge in [0.25, 0.3) is 10.0 Å². The number of methoxy groups -OCH3 is 1. The van der Waals surface area contributed by atoms with E-state index in [1.807, 2.05) is 65.2 Å². The Bertz CT molecular complexity index is 1760. The van der Waals surface area contributed by atoms with E-state index in [9.17, 15) is 13.2 Å². The zero-order valence-electron chi connectivity index (χ0n) is 22.3. The van der Waals surface area contributed by atoms with Gasteiger partial charge in [-0.1, -0.05) is 60.1 Å². The van der Waals surface area contributed by atoms with E-state index in [2.05, 4.69) is 4.72 Å². The summed E-state index contributed by atoms with van der Waals surface area (Å²) in [5, 5.41) is 0.432. The van der Waals surface area contributed by atoms with E-state index in [1.54, 1.807) is 12.1 Å². The second kappa shape index (κ2) is 12.4. The molecule has 1 N–H and O–H groups in total. The first kappa shape index (κ1) is 28.2. The van der Waals surface area contributed by atoms with Crippen molar-refractivity contribution in [2.24, 2.45) is 0 Å². The van der Waals surface area contributed by atoms with Crippen LogP contribution in [0.5, 0.6) is 5.75 Å². The van der Waals surface area contributed by atoms with Crippen molar-refractivity contribution in [2.45, 2.75) is 24.2 Å². The predicted octanol–water partition coefficient (Wildman–Crippen LogP) is 6.87. The van der Waals surface area contributed by atoms with Gasteiger partial charge < -0.3 is 9.47 Å². The lowest BCUT2D eigenvalue weighted by Crippen LogP contribution is -2.14. The van der Waals surface area contributed by atoms with E-state index < -0.39 is 10.0 Å². The number of unbranched alkanes of at least 4 members (excludes halogenated alkanes) is 1. The van der Waals surface area contributed by atoms with Gasteiger partial charge in [-0.25, -0.2) is 13.4 Å². The number of fused-ring (bicyclic) bond motifs is 1. The fraction of sp³-hybridized carbons (Fsp3) is 0.161. The number of nitrogens with zero attached hydrogens (tertiary/aromatic N) is 2. The van der Waals surface area contributed by atoms with Crippen LogP contribution in [0.3, 0.4) is 0 Å². The van der Waals surface area contributed by atoms with Gasteiger partial charge in [-0.05, 0) is 55.3 Å². The molecular formula is C31H28ClN3O5S. The molecule has 0 fully saturated rings. The van der Waals surface area contributed by atoms with Crippen LogP contribution in [0.1, 0.15) is 19.3 Å². The molecule has 1 aromatic heterocycles. The molecule has 0 spiro atoms. The standard InChI is InChI=1S/C31H28ClN3O5S/c1-39-30(36)14-8-9-19-40-29-21-28-26(20-27(29)34-41(37,38)25-17-15-23(32)16-18-25)33-31(22-10-4-2-5-11-22)35(28)24-12-6-3-7-13-24/h2-7,10-13,15-18,20-21,34H,8-9,14,19H2,1H3. The molecule has 0 aliphatic rings. The van der Waals surface area contributed by atoms with Crippen molar-refractivity contribution in [3.63, 3.8) is 0 Å². The van der Waals surface area contributed by atoms with Crippen molar-refractivity contribution >= 4 is 44.3 Å². The number of halogens is 1. The number of ether oxygens (including phenoxy) is 2. The maximum atomic E-state index is 13.3. The molecule has 0 saturated carbocycles. The topological polar surface area (TPSA) is 99.5 Å². The molecule has 41 heavy (non-hydrogen) atoms. The molecule has 0 saturated heterocycles. The van der Waals surface area contributed by atoms with Gasteiger partial charge in [0.1, 0.15) is 11.6 Å². The average molecular weight is 590 g/mol. The number of carbonyl (C=O) groups is 1. The van der Waals surface area contributed by atoms with Crippen LogP contribution in [0, 0.1) is 0 Å². The highest BCUT2D eigenvalue weighted by molar-refractivity contribution is 7.92. The number of esters is 1. The molecule has 0 amide bonds. The highest BCUT2D eigenvalue weighted by atomic mass is 35.5. The molecule has 0 unspecified atom stereocenters. The van der Waals surface area contributed by atoms with Crippen molar-refractivity contribution in [2.75, 3.05) is 18.4 Å². The van der Waals surface area contributed by atoms with Crippen molar-refractivity contribution in [1.29, 1.82) is 0 Å². The Kier molecular flexibility index (Phi) is 8.56. The molecule has 0 aliphatic heterocycles. The first-order chi connectivity index (χ1) is 19.9. The molecule has 4 aromatic carbocycles. The monoisotopic (exact) mass is 589 g/mol. The Hall–Kier alpha value is -4.34. The SMILES string of the molecule is COC(=O)CCCCOc1cc2c(cc1NS(=O)(=O)c1ccc(Cl)cc1)nc(-c1ccccc1)n2-c1ccccc1. The molecule has 0 radical (unpaired) electrons. The summed E-state index contributed by atoms with van der Waals surface area (Å²) in [6.45, 7) is 0.267. The number of hydrogen-bond donors (Lipinski definition) is 1. The summed E-state index contributed by atoms with van der Waals surface area (Å²) in [6.07, 6.45) is 1.42. The lowest BCUT2D eigenvalue weighted by atomic mass is 10.2. The highest BCUT2D eigenvalue weighted by Crippen LogP contribution is 2.36. The van der Waals surface area contributed by atoms with Crippen LogP contribution in [0.25, 0.3) is 28.1 Å². The summed E-state index contributed by atoms with van der Waals surface area (Å²) in [5.74, 6) is 0.751. The fourth-order valence-electron chi connectivity index (χ4n) is 4.40. The molecule has 8 nitrogen and oxygen atoms in total. The number of aromatic nitrogens is 2. The van der Waals surface area contributed by atoms with E-state index in [0.717, 1.165) is 16.8 Å². The number of hydrogen-bond acceptors (Lipinski definition) is 6. The molecule has 10 heteroatoms. The zero-order chi connectivity index (χ0) is 28.8. The van der Waals surface area contributed by atoms with Gasteiger partial charge in [0, 0.05) is 28.8 Å². The normalized spacial score (nSPS) is 11.4. The highest BCUT2D eigenvalue weighted by Gasteiger charge is 2.21. The predicted molar refractivity (Wildman–Crippen MR) is 160 cm³/mol. The molecule has 210 valence electrons. The van der Waals surface area contributed by atoms with Crippen LogP contribution in [0.15, 0.2) is 102 Å². The van der Waals surface area contributed by atoms with E-state index in [0.29, 0.717) is 35.0 Å². The van der Waals surface area contributed by atoms with Gasteiger partial charge in [-0.2, -0.15) is 0 Å². The Morgan fingerprint density at radius 2 is 1.61 bits per heavy atom. The quantitative estimate of drug-likeness (QED) is 0.133. The first-order valence-electron chi connectivity index (χ1n) is 13.0. The van der Waals surface area contributed by atoms with Gasteiger partial charge in [0.2, 0.25) is 0 Å². The van der Waals surface area contributed by atoms with Gasteiger partial charge in [0.05, 0.1) is 35.3 Å². The summed E-state index contributed by atoms with van der Waals surface area (Å²) >= 11 is 5.97. The lowest BCUT2D eigenvalue weighted by molar-refractivity contribution is -0.140. The van der Waals surface area contributed by atoms with Crippen LogP contribution in [0.2, 0.25) is 5.02 Å². The largest absolute Gasteiger partial charge is 0.491 e. The Morgan fingerprint density at radius 3 is 2.29 bits per heavy atom. The molecule has 5 aromatic rings. The fourth-order valence-corrected chi connectivity index (χ4v) is 5.58. The summed E-state index contributed by atoms with van der Waals surface area (Å²) in [5.41, 5.74) is 3.37. The second-order valence-electron chi connectivity index (χ2n) is 9.25. The van der Waals surface area contributed by atoms with Crippen LogP contribution in [-0.4, -0.2) is 37.7 Å². The molecule has 0 bridgehead atoms. The molecule has 1 heterocycles. The molecule has 5 rings (SSSR count). The van der Waals surface area contributed by atoms with Crippen LogP contribution >= 0.6 is 11.6 Å². The Labute approximate surface area is 243 Å². The first-order valence-corrected chi connectivity index (χ1v) is 14.9. The summed E-state index contributed by atoms with van der Waals surface area (Å²) in [6, 6.07) is 29.0. The smallest absolute Gasteiger partial charge is 0.305 e. The van der Waals surface area contributed by atoms with Gasteiger partial charge >= 0.3 is 5.97 Å². The maximum Gasteiger partial charge on any atom is 0.305 e. The number of para-hydroxylation sites is 1. The van der Waals surface area contributed by atoms with Crippen molar-refractivity contribution in [3.8, 4) is 22.8 Å². The summed E-state index contributed by atoms with van der Waals surface area (Å²) in [7, 11) is -2.61. The van der Waals surface area contributed by atoms with E-state index in [4.69, 9.17) is 26.1 Å².